The Balaban J connectivity index is 2.23. The van der Waals surface area contributed by atoms with Crippen molar-refractivity contribution < 1.29 is 27.3 Å². The second-order valence-electron chi connectivity index (χ2n) is 5.77. The van der Waals surface area contributed by atoms with Gasteiger partial charge in [-0.05, 0) is 18.6 Å². The minimum atomic E-state index is -4.50. The minimum absolute atomic E-state index is 0.0730. The van der Waals surface area contributed by atoms with Crippen LogP contribution >= 0.6 is 0 Å². The summed E-state index contributed by atoms with van der Waals surface area (Å²) in [6.45, 7) is 1.69. The highest BCUT2D eigenvalue weighted by Gasteiger charge is 2.32. The van der Waals surface area contributed by atoms with Gasteiger partial charge in [-0.3, -0.25) is 0 Å². The van der Waals surface area contributed by atoms with Gasteiger partial charge in [0.1, 0.15) is 13.7 Å². The number of aryl methyl sites for hydroxylation is 1. The lowest BCUT2D eigenvalue weighted by atomic mass is 10.0. The first kappa shape index (κ1) is 21.2. The molecule has 150 valence electrons. The molecule has 0 aromatic heterocycles. The van der Waals surface area contributed by atoms with E-state index in [9.17, 15) is 17.7 Å². The van der Waals surface area contributed by atoms with Gasteiger partial charge in [0.25, 0.3) is 0 Å². The molecule has 0 aliphatic carbocycles. The minimum Gasteiger partial charge on any atom is -0.397 e. The van der Waals surface area contributed by atoms with Crippen LogP contribution in [0.25, 0.3) is 0 Å². The maximum Gasteiger partial charge on any atom is 0.417 e. The first-order valence-electron chi connectivity index (χ1n) is 8.16. The quantitative estimate of drug-likeness (QED) is 0.234. The molecule has 5 nitrogen and oxygen atoms in total. The van der Waals surface area contributed by atoms with E-state index in [1.54, 1.807) is 25.1 Å². The van der Waals surface area contributed by atoms with Gasteiger partial charge in [0.15, 0.2) is 0 Å². The van der Waals surface area contributed by atoms with E-state index in [0.717, 1.165) is 24.9 Å². The summed E-state index contributed by atoms with van der Waals surface area (Å²) in [6.07, 6.45) is -3.50. The largest absolute Gasteiger partial charge is 0.417 e. The Labute approximate surface area is 159 Å². The summed E-state index contributed by atoms with van der Waals surface area (Å²) in [4.78, 5) is 9.86. The molecule has 2 aromatic carbocycles. The summed E-state index contributed by atoms with van der Waals surface area (Å²) in [5, 5.41) is 7.59. The molecule has 0 atom stereocenters. The fourth-order valence-electron chi connectivity index (χ4n) is 2.52. The fraction of sp³-hybridized carbons (Fsp3) is 0.263. The molecule has 0 heterocycles. The Morgan fingerprint density at radius 2 is 1.86 bits per heavy atom. The maximum absolute atomic E-state index is 13.8. The summed E-state index contributed by atoms with van der Waals surface area (Å²) in [7, 11) is 2.45. The molecule has 0 unspecified atom stereocenters. The second-order valence-corrected chi connectivity index (χ2v) is 5.77. The van der Waals surface area contributed by atoms with Gasteiger partial charge in [-0.2, -0.15) is 18.3 Å². The zero-order valence-electron chi connectivity index (χ0n) is 15.5. The zero-order chi connectivity index (χ0) is 20.7. The summed E-state index contributed by atoms with van der Waals surface area (Å²) < 4.78 is 52.8. The molecule has 9 heteroatoms. The molecule has 0 spiro atoms. The lowest BCUT2D eigenvalue weighted by Gasteiger charge is -2.15. The van der Waals surface area contributed by atoms with E-state index in [0.29, 0.717) is 16.2 Å². The van der Waals surface area contributed by atoms with Gasteiger partial charge in [-0.1, -0.05) is 51.2 Å². The second kappa shape index (κ2) is 9.20. The predicted octanol–water partition coefficient (Wildman–Crippen LogP) is 4.69. The van der Waals surface area contributed by atoms with Crippen LogP contribution in [0.3, 0.4) is 0 Å². The first-order valence-corrected chi connectivity index (χ1v) is 8.16. The summed E-state index contributed by atoms with van der Waals surface area (Å²) >= 11 is 0. The Morgan fingerprint density at radius 1 is 1.14 bits per heavy atom. The van der Waals surface area contributed by atoms with E-state index in [4.69, 9.17) is 4.84 Å². The standard InChI is InChI=1S/C19H19F4N3O2/c1-13-7-6-9-15(18(25-27-3)26(2)23)16(13)12-28-24-11-14-8-4-5-10-17(14)19(20,21)22/h4-11H,12H2,1-3H3/b24-11+,25-18+. The Kier molecular flexibility index (Phi) is 6.97. The van der Waals surface area contributed by atoms with Crippen molar-refractivity contribution in [3.63, 3.8) is 0 Å². The van der Waals surface area contributed by atoms with Gasteiger partial charge in [0, 0.05) is 23.7 Å². The van der Waals surface area contributed by atoms with Crippen LogP contribution in [0.2, 0.25) is 0 Å². The van der Waals surface area contributed by atoms with Crippen molar-refractivity contribution in [2.75, 3.05) is 14.2 Å². The normalized spacial score (nSPS) is 12.3. The molecule has 0 radical (unpaired) electrons. The molecule has 2 rings (SSSR count). The highest BCUT2D eigenvalue weighted by Crippen LogP contribution is 2.31. The van der Waals surface area contributed by atoms with E-state index in [1.165, 1.54) is 25.3 Å². The van der Waals surface area contributed by atoms with Gasteiger partial charge in [-0.25, -0.2) is 0 Å². The van der Waals surface area contributed by atoms with Gasteiger partial charge in [0.2, 0.25) is 5.84 Å². The molecule has 2 aromatic rings. The third-order valence-electron chi connectivity index (χ3n) is 3.86. The molecule has 28 heavy (non-hydrogen) atoms. The van der Waals surface area contributed by atoms with Crippen molar-refractivity contribution in [1.82, 2.24) is 5.12 Å². The van der Waals surface area contributed by atoms with E-state index < -0.39 is 11.7 Å². The fourth-order valence-corrected chi connectivity index (χ4v) is 2.52. The monoisotopic (exact) mass is 397 g/mol. The number of oxime groups is 2. The van der Waals surface area contributed by atoms with E-state index in [2.05, 4.69) is 15.1 Å². The van der Waals surface area contributed by atoms with Crippen LogP contribution in [0.5, 0.6) is 0 Å². The van der Waals surface area contributed by atoms with Gasteiger partial charge >= 0.3 is 6.18 Å². The number of alkyl halides is 3. The maximum atomic E-state index is 13.8. The number of hydrogen-bond donors (Lipinski definition) is 0. The zero-order valence-corrected chi connectivity index (χ0v) is 15.5. The Bertz CT molecular complexity index is 864. The smallest absolute Gasteiger partial charge is 0.397 e. The lowest BCUT2D eigenvalue weighted by Crippen LogP contribution is -2.21. The number of amidine groups is 1. The first-order chi connectivity index (χ1) is 13.3. The molecular formula is C19H19F4N3O2. The summed E-state index contributed by atoms with van der Waals surface area (Å²) in [5.74, 6) is -0.0730. The van der Waals surface area contributed by atoms with Crippen molar-refractivity contribution in [2.24, 2.45) is 10.3 Å². The molecule has 0 saturated carbocycles. The number of rotatable bonds is 6. The van der Waals surface area contributed by atoms with Crippen molar-refractivity contribution in [1.29, 1.82) is 0 Å². The number of nitrogens with zero attached hydrogens (tertiary/aromatic N) is 3. The topological polar surface area (TPSA) is 46.4 Å². The van der Waals surface area contributed by atoms with Crippen molar-refractivity contribution >= 4 is 12.1 Å². The van der Waals surface area contributed by atoms with Gasteiger partial charge in [-0.15, -0.1) is 0 Å². The average Bonchev–Trinajstić information content (AvgIpc) is 2.63. The van der Waals surface area contributed by atoms with Gasteiger partial charge in [0.05, 0.1) is 11.8 Å². The molecule has 0 amide bonds. The molecule has 0 N–H and O–H groups in total. The molecule has 0 bridgehead atoms. The summed E-state index contributed by atoms with van der Waals surface area (Å²) in [5.41, 5.74) is 0.827. The highest BCUT2D eigenvalue weighted by atomic mass is 19.4. The van der Waals surface area contributed by atoms with Gasteiger partial charge < -0.3 is 9.68 Å². The van der Waals surface area contributed by atoms with Crippen molar-refractivity contribution in [3.8, 4) is 0 Å². The third-order valence-corrected chi connectivity index (χ3v) is 3.86. The van der Waals surface area contributed by atoms with E-state index in [-0.39, 0.29) is 18.0 Å². The number of halogens is 4. The average molecular weight is 397 g/mol. The SMILES string of the molecule is CO/N=C(\c1cccc(C)c1CO/N=C/c1ccccc1C(F)(F)F)N(C)F. The van der Waals surface area contributed by atoms with Crippen LogP contribution in [0.4, 0.5) is 17.7 Å². The van der Waals surface area contributed by atoms with Crippen molar-refractivity contribution in [3.05, 3.63) is 70.3 Å². The van der Waals surface area contributed by atoms with Crippen LogP contribution < -0.4 is 0 Å². The molecule has 0 saturated heterocycles. The highest BCUT2D eigenvalue weighted by molar-refractivity contribution is 5.99. The van der Waals surface area contributed by atoms with Crippen LogP contribution in [0.1, 0.15) is 27.8 Å². The number of hydrogen-bond acceptors (Lipinski definition) is 4. The molecular weight excluding hydrogens is 378 g/mol. The molecule has 0 aliphatic heterocycles. The van der Waals surface area contributed by atoms with Crippen LogP contribution in [-0.2, 0) is 22.5 Å². The van der Waals surface area contributed by atoms with Crippen LogP contribution in [0, 0.1) is 6.92 Å². The lowest BCUT2D eigenvalue weighted by molar-refractivity contribution is -0.137. The third kappa shape index (κ3) is 5.21. The van der Waals surface area contributed by atoms with E-state index in [1.807, 2.05) is 0 Å². The predicted molar refractivity (Wildman–Crippen MR) is 97.4 cm³/mol. The molecule has 0 aliphatic rings. The Morgan fingerprint density at radius 3 is 2.50 bits per heavy atom. The van der Waals surface area contributed by atoms with Crippen LogP contribution in [-0.4, -0.2) is 31.3 Å². The Hall–Kier alpha value is -3.10. The number of benzene rings is 2. The van der Waals surface area contributed by atoms with E-state index >= 15 is 0 Å². The molecule has 0 fully saturated rings. The van der Waals surface area contributed by atoms with Crippen LogP contribution in [0.15, 0.2) is 52.8 Å². The van der Waals surface area contributed by atoms with Crippen molar-refractivity contribution in [2.45, 2.75) is 19.7 Å². The summed E-state index contributed by atoms with van der Waals surface area (Å²) in [6, 6.07) is 10.1.